The van der Waals surface area contributed by atoms with Crippen LogP contribution in [0.25, 0.3) is 5.69 Å². The molecule has 1 aromatic carbocycles. The van der Waals surface area contributed by atoms with Gasteiger partial charge in [0, 0.05) is 41.7 Å². The maximum absolute atomic E-state index is 5.93. The summed E-state index contributed by atoms with van der Waals surface area (Å²) in [6.45, 7) is 3.93. The van der Waals surface area contributed by atoms with Crippen LogP contribution >= 0.6 is 47.3 Å². The van der Waals surface area contributed by atoms with Crippen LogP contribution in [0, 0.1) is 0 Å². The van der Waals surface area contributed by atoms with Crippen LogP contribution in [-0.2, 0) is 6.54 Å². The van der Waals surface area contributed by atoms with Crippen molar-refractivity contribution < 1.29 is 0 Å². The van der Waals surface area contributed by atoms with Crippen molar-refractivity contribution in [2.75, 3.05) is 19.3 Å². The summed E-state index contributed by atoms with van der Waals surface area (Å²) in [5.74, 6) is 2.08. The Morgan fingerprint density at radius 1 is 1.35 bits per heavy atom. The molecule has 1 aromatic heterocycles. The van der Waals surface area contributed by atoms with Crippen LogP contribution in [0.1, 0.15) is 25.3 Å². The summed E-state index contributed by atoms with van der Waals surface area (Å²) in [4.78, 5) is 4.31. The van der Waals surface area contributed by atoms with Gasteiger partial charge in [0.1, 0.15) is 0 Å². The van der Waals surface area contributed by atoms with Gasteiger partial charge in [-0.2, -0.15) is 16.9 Å². The first-order chi connectivity index (χ1) is 12.1. The Morgan fingerprint density at radius 2 is 2.12 bits per heavy atom. The van der Waals surface area contributed by atoms with Gasteiger partial charge in [-0.25, -0.2) is 4.68 Å². The third kappa shape index (κ3) is 5.79. The fraction of sp³-hybridized carbons (Fsp3) is 0.444. The molecule has 26 heavy (non-hydrogen) atoms. The van der Waals surface area contributed by atoms with Crippen molar-refractivity contribution in [3.63, 3.8) is 0 Å². The second-order valence-corrected chi connectivity index (χ2v) is 8.57. The second-order valence-electron chi connectivity index (χ2n) is 6.45. The molecule has 1 saturated heterocycles. The van der Waals surface area contributed by atoms with Crippen molar-refractivity contribution in [2.24, 2.45) is 4.99 Å². The Hall–Kier alpha value is -0.930. The van der Waals surface area contributed by atoms with Gasteiger partial charge in [-0.1, -0.05) is 11.6 Å². The fourth-order valence-electron chi connectivity index (χ4n) is 2.84. The van der Waals surface area contributed by atoms with Gasteiger partial charge in [-0.05, 0) is 49.8 Å². The first-order valence-corrected chi connectivity index (χ1v) is 9.82. The molecule has 142 valence electrons. The average Bonchev–Trinajstić information content (AvgIpc) is 3.25. The molecule has 0 amide bonds. The van der Waals surface area contributed by atoms with Crippen LogP contribution in [0.5, 0.6) is 0 Å². The third-order valence-electron chi connectivity index (χ3n) is 4.34. The summed E-state index contributed by atoms with van der Waals surface area (Å²) in [7, 11) is 1.80. The molecule has 1 fully saturated rings. The lowest BCUT2D eigenvalue weighted by atomic mass is 10.1. The summed E-state index contributed by atoms with van der Waals surface area (Å²) >= 11 is 7.98. The molecule has 1 unspecified atom stereocenters. The molecule has 5 nitrogen and oxygen atoms in total. The van der Waals surface area contributed by atoms with E-state index in [0.717, 1.165) is 28.8 Å². The Labute approximate surface area is 181 Å². The first-order valence-electron chi connectivity index (χ1n) is 8.46. The van der Waals surface area contributed by atoms with Crippen LogP contribution in [0.3, 0.4) is 0 Å². The van der Waals surface area contributed by atoms with Crippen molar-refractivity contribution in [3.8, 4) is 5.69 Å². The van der Waals surface area contributed by atoms with Crippen LogP contribution in [0.2, 0.25) is 5.02 Å². The van der Waals surface area contributed by atoms with Gasteiger partial charge in [0.15, 0.2) is 5.96 Å². The highest BCUT2D eigenvalue weighted by molar-refractivity contribution is 14.0. The normalized spacial score (nSPS) is 19.9. The zero-order chi connectivity index (χ0) is 17.7. The molecule has 1 aliphatic heterocycles. The van der Waals surface area contributed by atoms with Crippen molar-refractivity contribution in [3.05, 3.63) is 47.2 Å². The largest absolute Gasteiger partial charge is 0.355 e. The first kappa shape index (κ1) is 21.4. The quantitative estimate of drug-likeness (QED) is 0.365. The van der Waals surface area contributed by atoms with Crippen LogP contribution in [0.4, 0.5) is 0 Å². The molecular formula is C18H25ClIN5S. The van der Waals surface area contributed by atoms with Gasteiger partial charge < -0.3 is 10.6 Å². The van der Waals surface area contributed by atoms with Gasteiger partial charge in [-0.3, -0.25) is 4.99 Å². The SMILES string of the molecule is CN=C(NCc1cnn(-c2ccc(Cl)cc2)c1)NCC1(C)CCCS1.I. The van der Waals surface area contributed by atoms with E-state index in [-0.39, 0.29) is 24.0 Å². The number of benzene rings is 1. The van der Waals surface area contributed by atoms with E-state index >= 15 is 0 Å². The molecule has 1 atom stereocenters. The van der Waals surface area contributed by atoms with E-state index in [1.807, 2.05) is 53.1 Å². The highest BCUT2D eigenvalue weighted by Crippen LogP contribution is 2.36. The molecule has 2 heterocycles. The Kier molecular flexibility index (Phi) is 8.09. The number of aromatic nitrogens is 2. The van der Waals surface area contributed by atoms with E-state index in [1.165, 1.54) is 18.6 Å². The van der Waals surface area contributed by atoms with Gasteiger partial charge in [0.25, 0.3) is 0 Å². The Bertz CT molecular complexity index is 725. The smallest absolute Gasteiger partial charge is 0.191 e. The van der Waals surface area contributed by atoms with Gasteiger partial charge >= 0.3 is 0 Å². The number of hydrogen-bond donors (Lipinski definition) is 2. The van der Waals surface area contributed by atoms with Gasteiger partial charge in [-0.15, -0.1) is 24.0 Å². The van der Waals surface area contributed by atoms with E-state index < -0.39 is 0 Å². The third-order valence-corrected chi connectivity index (χ3v) is 6.13. The fourth-order valence-corrected chi connectivity index (χ4v) is 4.21. The maximum Gasteiger partial charge on any atom is 0.191 e. The van der Waals surface area contributed by atoms with E-state index in [2.05, 4.69) is 27.6 Å². The summed E-state index contributed by atoms with van der Waals surface area (Å²) in [5, 5.41) is 11.9. The summed E-state index contributed by atoms with van der Waals surface area (Å²) in [5.41, 5.74) is 2.09. The van der Waals surface area contributed by atoms with Crippen molar-refractivity contribution >= 4 is 53.3 Å². The van der Waals surface area contributed by atoms with Crippen molar-refractivity contribution in [1.29, 1.82) is 0 Å². The molecule has 0 aliphatic carbocycles. The minimum absolute atomic E-state index is 0. The van der Waals surface area contributed by atoms with Crippen LogP contribution < -0.4 is 10.6 Å². The zero-order valence-corrected chi connectivity index (χ0v) is 18.9. The van der Waals surface area contributed by atoms with E-state index in [9.17, 15) is 0 Å². The minimum atomic E-state index is 0. The standard InChI is InChI=1S/C18H24ClN5S.HI/c1-18(8-3-9-25-18)13-22-17(20-2)21-10-14-11-23-24(12-14)16-6-4-15(19)5-7-16;/h4-7,11-12H,3,8-10,13H2,1-2H3,(H2,20,21,22);1H. The highest BCUT2D eigenvalue weighted by Gasteiger charge is 2.29. The van der Waals surface area contributed by atoms with Crippen molar-refractivity contribution in [2.45, 2.75) is 31.1 Å². The number of thioether (sulfide) groups is 1. The van der Waals surface area contributed by atoms with E-state index in [4.69, 9.17) is 11.6 Å². The lowest BCUT2D eigenvalue weighted by molar-refractivity contribution is 0.584. The molecule has 0 spiro atoms. The maximum atomic E-state index is 5.93. The number of nitrogens with one attached hydrogen (secondary N) is 2. The van der Waals surface area contributed by atoms with E-state index in [1.54, 1.807) is 7.05 Å². The number of halogens is 2. The summed E-state index contributed by atoms with van der Waals surface area (Å²) in [6, 6.07) is 7.63. The predicted octanol–water partition coefficient (Wildman–Crippen LogP) is 4.09. The van der Waals surface area contributed by atoms with Gasteiger partial charge in [0.05, 0.1) is 11.9 Å². The molecule has 3 rings (SSSR count). The summed E-state index contributed by atoms with van der Waals surface area (Å²) in [6.07, 6.45) is 6.44. The molecular weight excluding hydrogens is 481 g/mol. The lowest BCUT2D eigenvalue weighted by Gasteiger charge is -2.24. The molecule has 2 N–H and O–H groups in total. The highest BCUT2D eigenvalue weighted by atomic mass is 127. The number of aliphatic imine (C=N–C) groups is 1. The second kappa shape index (κ2) is 9.85. The average molecular weight is 506 g/mol. The Morgan fingerprint density at radius 3 is 2.77 bits per heavy atom. The molecule has 8 heteroatoms. The zero-order valence-electron chi connectivity index (χ0n) is 15.0. The molecule has 0 radical (unpaired) electrons. The summed E-state index contributed by atoms with van der Waals surface area (Å²) < 4.78 is 2.16. The molecule has 1 aliphatic rings. The lowest BCUT2D eigenvalue weighted by Crippen LogP contribution is -2.43. The van der Waals surface area contributed by atoms with E-state index in [0.29, 0.717) is 11.3 Å². The topological polar surface area (TPSA) is 54.2 Å². The number of guanidine groups is 1. The van der Waals surface area contributed by atoms with Gasteiger partial charge in [0.2, 0.25) is 0 Å². The predicted molar refractivity (Wildman–Crippen MR) is 122 cm³/mol. The van der Waals surface area contributed by atoms with Crippen molar-refractivity contribution in [1.82, 2.24) is 20.4 Å². The van der Waals surface area contributed by atoms with Crippen LogP contribution in [0.15, 0.2) is 41.7 Å². The molecule has 0 bridgehead atoms. The monoisotopic (exact) mass is 505 g/mol. The number of nitrogens with zero attached hydrogens (tertiary/aromatic N) is 3. The number of rotatable bonds is 5. The minimum Gasteiger partial charge on any atom is -0.355 e. The number of hydrogen-bond acceptors (Lipinski definition) is 3. The van der Waals surface area contributed by atoms with Crippen LogP contribution in [-0.4, -0.2) is 39.8 Å². The molecule has 0 saturated carbocycles. The molecule has 2 aromatic rings. The Balaban J connectivity index is 0.00000243.